The van der Waals surface area contributed by atoms with E-state index in [1.54, 1.807) is 17.6 Å². The maximum absolute atomic E-state index is 6.09. The van der Waals surface area contributed by atoms with Crippen molar-refractivity contribution in [1.82, 2.24) is 9.97 Å². The van der Waals surface area contributed by atoms with Gasteiger partial charge in [-0.05, 0) is 12.1 Å². The van der Waals surface area contributed by atoms with Gasteiger partial charge in [-0.25, -0.2) is 9.97 Å². The second kappa shape index (κ2) is 4.05. The Bertz CT molecular complexity index is 897. The van der Waals surface area contributed by atoms with Crippen LogP contribution in [0.25, 0.3) is 31.6 Å². The molecule has 0 radical (unpaired) electrons. The fourth-order valence-electron chi connectivity index (χ4n) is 2.13. The Labute approximate surface area is 117 Å². The minimum atomic E-state index is 0.494. The van der Waals surface area contributed by atoms with Gasteiger partial charge in [-0.3, -0.25) is 0 Å². The molecule has 1 aromatic carbocycles. The van der Waals surface area contributed by atoms with Crippen LogP contribution in [0.4, 0.5) is 0 Å². The normalized spacial score (nSPS) is 11.4. The van der Waals surface area contributed by atoms with E-state index in [9.17, 15) is 0 Å². The third kappa shape index (κ3) is 1.64. The smallest absolute Gasteiger partial charge is 0.150 e. The van der Waals surface area contributed by atoms with Crippen LogP contribution in [-0.4, -0.2) is 9.97 Å². The molecule has 0 aliphatic rings. The average Bonchev–Trinajstić information content (AvgIpc) is 3.02. The van der Waals surface area contributed by atoms with E-state index in [-0.39, 0.29) is 0 Å². The van der Waals surface area contributed by atoms with Gasteiger partial charge in [0, 0.05) is 15.8 Å². The monoisotopic (exact) mass is 286 g/mol. The molecule has 3 aromatic heterocycles. The number of rotatable bonds is 1. The second-order valence-electron chi connectivity index (χ2n) is 4.14. The largest absolute Gasteiger partial charge is 0.464 e. The van der Waals surface area contributed by atoms with E-state index < -0.39 is 0 Å². The molecule has 0 unspecified atom stereocenters. The highest BCUT2D eigenvalue weighted by Crippen LogP contribution is 2.39. The summed E-state index contributed by atoms with van der Waals surface area (Å²) in [5.41, 5.74) is 2.81. The van der Waals surface area contributed by atoms with Gasteiger partial charge in [0.05, 0.1) is 10.2 Å². The van der Waals surface area contributed by atoms with Crippen LogP contribution in [0.2, 0.25) is 5.15 Å². The van der Waals surface area contributed by atoms with Crippen molar-refractivity contribution in [2.75, 3.05) is 0 Å². The molecule has 0 N–H and O–H groups in total. The van der Waals surface area contributed by atoms with E-state index in [4.69, 9.17) is 16.0 Å². The van der Waals surface area contributed by atoms with Gasteiger partial charge in [0.15, 0.2) is 0 Å². The van der Waals surface area contributed by atoms with E-state index in [2.05, 4.69) is 9.97 Å². The lowest BCUT2D eigenvalue weighted by Gasteiger charge is -1.91. The topological polar surface area (TPSA) is 38.9 Å². The first-order valence-corrected chi connectivity index (χ1v) is 6.89. The van der Waals surface area contributed by atoms with Crippen molar-refractivity contribution in [3.63, 3.8) is 0 Å². The van der Waals surface area contributed by atoms with Crippen LogP contribution in [-0.2, 0) is 0 Å². The summed E-state index contributed by atoms with van der Waals surface area (Å²) in [5.74, 6) is 0. The minimum Gasteiger partial charge on any atom is -0.464 e. The van der Waals surface area contributed by atoms with Gasteiger partial charge < -0.3 is 4.42 Å². The Morgan fingerprint density at radius 2 is 2.05 bits per heavy atom. The Kier molecular flexibility index (Phi) is 2.33. The number of fused-ring (bicyclic) bond motifs is 2. The van der Waals surface area contributed by atoms with Crippen molar-refractivity contribution in [3.05, 3.63) is 48.1 Å². The molecule has 4 aromatic rings. The van der Waals surface area contributed by atoms with Crippen molar-refractivity contribution in [2.45, 2.75) is 0 Å². The molecule has 19 heavy (non-hydrogen) atoms. The minimum absolute atomic E-state index is 0.494. The zero-order valence-electron chi connectivity index (χ0n) is 9.63. The summed E-state index contributed by atoms with van der Waals surface area (Å²) in [7, 11) is 0. The lowest BCUT2D eigenvalue weighted by molar-refractivity contribution is 0.617. The Morgan fingerprint density at radius 1 is 1.16 bits per heavy atom. The number of hydrogen-bond acceptors (Lipinski definition) is 4. The van der Waals surface area contributed by atoms with Crippen LogP contribution in [0, 0.1) is 0 Å². The van der Waals surface area contributed by atoms with Gasteiger partial charge >= 0.3 is 0 Å². The first kappa shape index (κ1) is 11.0. The quantitative estimate of drug-likeness (QED) is 0.474. The molecule has 0 atom stereocenters. The van der Waals surface area contributed by atoms with Crippen molar-refractivity contribution in [1.29, 1.82) is 0 Å². The number of hydrogen-bond donors (Lipinski definition) is 0. The number of furan rings is 1. The Morgan fingerprint density at radius 3 is 2.95 bits per heavy atom. The maximum atomic E-state index is 6.09. The van der Waals surface area contributed by atoms with E-state index in [0.29, 0.717) is 5.15 Å². The predicted molar refractivity (Wildman–Crippen MR) is 77.6 cm³/mol. The van der Waals surface area contributed by atoms with Gasteiger partial charge in [0.1, 0.15) is 23.3 Å². The molecule has 4 rings (SSSR count). The highest BCUT2D eigenvalue weighted by atomic mass is 35.5. The molecule has 0 saturated carbocycles. The van der Waals surface area contributed by atoms with E-state index >= 15 is 0 Å². The fraction of sp³-hybridized carbons (Fsp3) is 0. The lowest BCUT2D eigenvalue weighted by atomic mass is 10.1. The summed E-state index contributed by atoms with van der Waals surface area (Å²) in [6, 6.07) is 9.99. The number of benzene rings is 1. The van der Waals surface area contributed by atoms with Crippen LogP contribution >= 0.6 is 22.9 Å². The Balaban J connectivity index is 2.02. The zero-order chi connectivity index (χ0) is 12.8. The average molecular weight is 287 g/mol. The van der Waals surface area contributed by atoms with Gasteiger partial charge in [-0.1, -0.05) is 29.8 Å². The van der Waals surface area contributed by atoms with Crippen LogP contribution < -0.4 is 0 Å². The highest BCUT2D eigenvalue weighted by molar-refractivity contribution is 7.22. The molecule has 5 heteroatoms. The van der Waals surface area contributed by atoms with Gasteiger partial charge in [-0.15, -0.1) is 11.3 Å². The molecular weight excluding hydrogens is 280 g/mol. The summed E-state index contributed by atoms with van der Waals surface area (Å²) in [6.07, 6.45) is 3.26. The molecule has 0 bridgehead atoms. The first-order chi connectivity index (χ1) is 9.33. The molecule has 0 saturated heterocycles. The summed E-state index contributed by atoms with van der Waals surface area (Å²) >= 11 is 7.67. The van der Waals surface area contributed by atoms with Crippen LogP contribution in [0.3, 0.4) is 0 Å². The highest BCUT2D eigenvalue weighted by Gasteiger charge is 2.13. The molecule has 92 valence electrons. The summed E-state index contributed by atoms with van der Waals surface area (Å²) < 4.78 is 6.47. The summed E-state index contributed by atoms with van der Waals surface area (Å²) in [6.45, 7) is 0. The van der Waals surface area contributed by atoms with Crippen molar-refractivity contribution >= 4 is 44.1 Å². The standard InChI is InChI=1S/C14H7ClN2OS/c15-14-13-10(16-7-17-14)5-12(19-13)9-6-18-11-4-2-1-3-8(9)11/h1-7H. The fourth-order valence-corrected chi connectivity index (χ4v) is 3.39. The molecular formula is C14H7ClN2OS. The molecule has 3 nitrogen and oxygen atoms in total. The Hall–Kier alpha value is -1.91. The van der Waals surface area contributed by atoms with E-state index in [1.165, 1.54) is 6.33 Å². The van der Waals surface area contributed by atoms with E-state index in [1.807, 2.05) is 30.3 Å². The van der Waals surface area contributed by atoms with E-state index in [0.717, 1.165) is 31.6 Å². The van der Waals surface area contributed by atoms with Gasteiger partial charge in [0.2, 0.25) is 0 Å². The predicted octanol–water partition coefficient (Wildman–Crippen LogP) is 4.76. The van der Waals surface area contributed by atoms with Crippen molar-refractivity contribution < 1.29 is 4.42 Å². The molecule has 3 heterocycles. The first-order valence-electron chi connectivity index (χ1n) is 5.69. The third-order valence-electron chi connectivity index (χ3n) is 3.01. The molecule has 0 spiro atoms. The third-order valence-corrected chi connectivity index (χ3v) is 4.58. The van der Waals surface area contributed by atoms with Crippen molar-refractivity contribution in [2.24, 2.45) is 0 Å². The summed E-state index contributed by atoms with van der Waals surface area (Å²) in [4.78, 5) is 9.33. The number of thiophene rings is 1. The SMILES string of the molecule is Clc1ncnc2cc(-c3coc4ccccc34)sc12. The number of aromatic nitrogens is 2. The maximum Gasteiger partial charge on any atom is 0.150 e. The number of nitrogens with zero attached hydrogens (tertiary/aromatic N) is 2. The molecule has 0 aliphatic heterocycles. The van der Waals surface area contributed by atoms with Gasteiger partial charge in [0.25, 0.3) is 0 Å². The van der Waals surface area contributed by atoms with Crippen molar-refractivity contribution in [3.8, 4) is 10.4 Å². The second-order valence-corrected chi connectivity index (χ2v) is 5.55. The van der Waals surface area contributed by atoms with Gasteiger partial charge in [-0.2, -0.15) is 0 Å². The van der Waals surface area contributed by atoms with Crippen LogP contribution in [0.5, 0.6) is 0 Å². The van der Waals surface area contributed by atoms with Crippen LogP contribution in [0.15, 0.2) is 47.3 Å². The molecule has 0 aliphatic carbocycles. The molecule has 0 amide bonds. The lowest BCUT2D eigenvalue weighted by Crippen LogP contribution is -1.76. The molecule has 0 fully saturated rings. The number of para-hydroxylation sites is 1. The van der Waals surface area contributed by atoms with Crippen LogP contribution in [0.1, 0.15) is 0 Å². The summed E-state index contributed by atoms with van der Waals surface area (Å²) in [5, 5.41) is 1.59. The zero-order valence-corrected chi connectivity index (χ0v) is 11.2. The number of halogens is 1.